The van der Waals surface area contributed by atoms with Crippen LogP contribution < -0.4 is 5.73 Å². The normalized spacial score (nSPS) is 17.1. The Morgan fingerprint density at radius 2 is 2.31 bits per heavy atom. The molecule has 0 amide bonds. The Balaban J connectivity index is 1.98. The van der Waals surface area contributed by atoms with Crippen molar-refractivity contribution in [1.82, 2.24) is 9.88 Å². The summed E-state index contributed by atoms with van der Waals surface area (Å²) in [5.41, 5.74) is 5.66. The molecule has 1 fully saturated rings. The van der Waals surface area contributed by atoms with Crippen molar-refractivity contribution in [3.63, 3.8) is 0 Å². The number of nitrogens with two attached hydrogens (primary N) is 1. The van der Waals surface area contributed by atoms with E-state index in [0.29, 0.717) is 11.0 Å². The molecule has 0 unspecified atom stereocenters. The minimum absolute atomic E-state index is 0.587. The van der Waals surface area contributed by atoms with Crippen LogP contribution in [-0.4, -0.2) is 27.5 Å². The second-order valence-corrected chi connectivity index (χ2v) is 5.74. The highest BCUT2D eigenvalue weighted by Crippen LogP contribution is 2.25. The summed E-state index contributed by atoms with van der Waals surface area (Å²) in [6, 6.07) is 0.644. The largest absolute Gasteiger partial charge is 0.392 e. The fourth-order valence-electron chi connectivity index (χ4n) is 2.29. The zero-order valence-corrected chi connectivity index (χ0v) is 10.9. The van der Waals surface area contributed by atoms with Crippen molar-refractivity contribution in [2.75, 3.05) is 6.54 Å². The van der Waals surface area contributed by atoms with Crippen LogP contribution in [0.15, 0.2) is 11.6 Å². The van der Waals surface area contributed by atoms with Gasteiger partial charge in [-0.05, 0) is 12.8 Å². The maximum Gasteiger partial charge on any atom is 0.107 e. The quantitative estimate of drug-likeness (QED) is 0.819. The van der Waals surface area contributed by atoms with Gasteiger partial charge >= 0.3 is 0 Å². The molecule has 1 heterocycles. The summed E-state index contributed by atoms with van der Waals surface area (Å²) in [4.78, 5) is 7.30. The van der Waals surface area contributed by atoms with E-state index in [1.54, 1.807) is 11.3 Å². The Hall–Kier alpha value is -0.520. The Morgan fingerprint density at radius 3 is 2.88 bits per heavy atom. The lowest BCUT2D eigenvalue weighted by Crippen LogP contribution is -2.38. The monoisotopic (exact) mass is 255 g/mol. The van der Waals surface area contributed by atoms with E-state index in [2.05, 4.69) is 9.88 Å². The van der Waals surface area contributed by atoms with Gasteiger partial charge in [0.1, 0.15) is 5.01 Å². The van der Waals surface area contributed by atoms with Crippen LogP contribution in [0.1, 0.15) is 30.7 Å². The molecule has 1 aromatic rings. The minimum Gasteiger partial charge on any atom is -0.392 e. The first-order chi connectivity index (χ1) is 7.75. The summed E-state index contributed by atoms with van der Waals surface area (Å²) in [6.45, 7) is 1.61. The number of nitrogens with zero attached hydrogens (tertiary/aromatic N) is 2. The maximum absolute atomic E-state index is 5.66. The highest BCUT2D eigenvalue weighted by Gasteiger charge is 2.23. The highest BCUT2D eigenvalue weighted by atomic mass is 32.1. The van der Waals surface area contributed by atoms with Crippen molar-refractivity contribution in [2.45, 2.75) is 38.3 Å². The average Bonchev–Trinajstić information content (AvgIpc) is 2.88. The predicted molar refractivity (Wildman–Crippen MR) is 71.6 cm³/mol. The van der Waals surface area contributed by atoms with Crippen LogP contribution in [-0.2, 0) is 6.54 Å². The van der Waals surface area contributed by atoms with E-state index in [0.717, 1.165) is 18.1 Å². The number of aromatic nitrogens is 1. The first kappa shape index (κ1) is 12.0. The SMILES string of the molecule is NC(=S)CN(Cc1nccs1)C1CCCC1. The molecule has 1 aliphatic rings. The van der Waals surface area contributed by atoms with E-state index < -0.39 is 0 Å². The van der Waals surface area contributed by atoms with Crippen molar-refractivity contribution in [3.05, 3.63) is 16.6 Å². The van der Waals surface area contributed by atoms with E-state index in [9.17, 15) is 0 Å². The van der Waals surface area contributed by atoms with Crippen LogP contribution in [0.5, 0.6) is 0 Å². The Morgan fingerprint density at radius 1 is 1.56 bits per heavy atom. The molecule has 0 atom stereocenters. The topological polar surface area (TPSA) is 42.1 Å². The van der Waals surface area contributed by atoms with Crippen molar-refractivity contribution >= 4 is 28.5 Å². The molecule has 0 radical (unpaired) electrons. The third-order valence-corrected chi connectivity index (χ3v) is 3.92. The van der Waals surface area contributed by atoms with Gasteiger partial charge in [-0.1, -0.05) is 25.1 Å². The molecule has 0 spiro atoms. The van der Waals surface area contributed by atoms with E-state index in [1.807, 2.05) is 11.6 Å². The Labute approximate surface area is 106 Å². The molecule has 1 aliphatic carbocycles. The molecule has 1 aromatic heterocycles. The summed E-state index contributed by atoms with van der Waals surface area (Å²) in [5, 5.41) is 3.17. The van der Waals surface area contributed by atoms with E-state index in [1.165, 1.54) is 25.7 Å². The van der Waals surface area contributed by atoms with Gasteiger partial charge in [0.25, 0.3) is 0 Å². The lowest BCUT2D eigenvalue weighted by Gasteiger charge is -2.27. The maximum atomic E-state index is 5.66. The Kier molecular flexibility index (Phi) is 4.26. The average molecular weight is 255 g/mol. The fourth-order valence-corrected chi connectivity index (χ4v) is 3.10. The van der Waals surface area contributed by atoms with Crippen LogP contribution >= 0.6 is 23.6 Å². The number of hydrogen-bond acceptors (Lipinski definition) is 4. The van der Waals surface area contributed by atoms with Gasteiger partial charge in [0.2, 0.25) is 0 Å². The molecular formula is C11H17N3S2. The van der Waals surface area contributed by atoms with Crippen molar-refractivity contribution in [1.29, 1.82) is 0 Å². The molecule has 2 N–H and O–H groups in total. The molecule has 0 saturated heterocycles. The summed E-state index contributed by atoms with van der Waals surface area (Å²) in [6.07, 6.45) is 7.06. The molecule has 1 saturated carbocycles. The van der Waals surface area contributed by atoms with Crippen LogP contribution in [0.4, 0.5) is 0 Å². The van der Waals surface area contributed by atoms with Gasteiger partial charge in [-0.2, -0.15) is 0 Å². The van der Waals surface area contributed by atoms with Crippen molar-refractivity contribution in [2.24, 2.45) is 5.73 Å². The van der Waals surface area contributed by atoms with Gasteiger partial charge in [-0.3, -0.25) is 4.90 Å². The molecule has 2 rings (SSSR count). The third-order valence-electron chi connectivity index (χ3n) is 3.02. The second-order valence-electron chi connectivity index (χ2n) is 4.24. The number of hydrogen-bond donors (Lipinski definition) is 1. The van der Waals surface area contributed by atoms with Crippen LogP contribution in [0.2, 0.25) is 0 Å². The van der Waals surface area contributed by atoms with Crippen molar-refractivity contribution < 1.29 is 0 Å². The summed E-state index contributed by atoms with van der Waals surface area (Å²) in [7, 11) is 0. The van der Waals surface area contributed by atoms with Gasteiger partial charge in [-0.15, -0.1) is 11.3 Å². The van der Waals surface area contributed by atoms with Gasteiger partial charge in [-0.25, -0.2) is 4.98 Å². The van der Waals surface area contributed by atoms with Crippen molar-refractivity contribution in [3.8, 4) is 0 Å². The van der Waals surface area contributed by atoms with E-state index >= 15 is 0 Å². The zero-order valence-electron chi connectivity index (χ0n) is 9.26. The van der Waals surface area contributed by atoms with Gasteiger partial charge in [0, 0.05) is 24.2 Å². The summed E-state index contributed by atoms with van der Waals surface area (Å²) in [5.74, 6) is 0. The first-order valence-corrected chi connectivity index (χ1v) is 6.95. The zero-order chi connectivity index (χ0) is 11.4. The fraction of sp³-hybridized carbons (Fsp3) is 0.636. The number of thiocarbonyl (C=S) groups is 1. The first-order valence-electron chi connectivity index (χ1n) is 5.66. The summed E-state index contributed by atoms with van der Waals surface area (Å²) >= 11 is 6.72. The predicted octanol–water partition coefficient (Wildman–Crippen LogP) is 2.17. The Bertz CT molecular complexity index is 331. The highest BCUT2D eigenvalue weighted by molar-refractivity contribution is 7.80. The van der Waals surface area contributed by atoms with E-state index in [4.69, 9.17) is 18.0 Å². The molecular weight excluding hydrogens is 238 g/mol. The molecule has 0 aromatic carbocycles. The summed E-state index contributed by atoms with van der Waals surface area (Å²) < 4.78 is 0. The van der Waals surface area contributed by atoms with Gasteiger partial charge in [0.05, 0.1) is 11.5 Å². The smallest absolute Gasteiger partial charge is 0.107 e. The standard InChI is InChI=1S/C11H17N3S2/c12-10(15)7-14(9-3-1-2-4-9)8-11-13-5-6-16-11/h5-6,9H,1-4,7-8H2,(H2,12,15). The van der Waals surface area contributed by atoms with Crippen LogP contribution in [0.3, 0.4) is 0 Å². The lowest BCUT2D eigenvalue weighted by atomic mass is 10.2. The molecule has 0 bridgehead atoms. The molecule has 88 valence electrons. The van der Waals surface area contributed by atoms with Gasteiger partial charge < -0.3 is 5.73 Å². The second kappa shape index (κ2) is 5.70. The van der Waals surface area contributed by atoms with Gasteiger partial charge in [0.15, 0.2) is 0 Å². The van der Waals surface area contributed by atoms with E-state index in [-0.39, 0.29) is 0 Å². The van der Waals surface area contributed by atoms with Crippen LogP contribution in [0, 0.1) is 0 Å². The molecule has 3 nitrogen and oxygen atoms in total. The van der Waals surface area contributed by atoms with Crippen LogP contribution in [0.25, 0.3) is 0 Å². The minimum atomic E-state index is 0.587. The lowest BCUT2D eigenvalue weighted by molar-refractivity contribution is 0.218. The third kappa shape index (κ3) is 3.23. The molecule has 16 heavy (non-hydrogen) atoms. The number of rotatable bonds is 5. The molecule has 0 aliphatic heterocycles. The molecule has 5 heteroatoms. The number of thiazole rings is 1.